The lowest BCUT2D eigenvalue weighted by Crippen LogP contribution is -2.10. The molecule has 3 heteroatoms. The Labute approximate surface area is 46.9 Å². The maximum absolute atomic E-state index is 10.00. The third kappa shape index (κ3) is 2.23. The van der Waals surface area contributed by atoms with Crippen LogP contribution in [0.1, 0.15) is 6.92 Å². The molecule has 2 nitrogen and oxygen atoms in total. The predicted octanol–water partition coefficient (Wildman–Crippen LogP) is 0.614. The first-order valence-electron chi connectivity index (χ1n) is 1.75. The lowest BCUT2D eigenvalue weighted by molar-refractivity contribution is -0.114. The van der Waals surface area contributed by atoms with Crippen molar-refractivity contribution in [3.63, 3.8) is 0 Å². The van der Waals surface area contributed by atoms with E-state index in [1.54, 1.807) is 6.92 Å². The number of carbonyl (C=O) groups excluding carboxylic acids is 1. The summed E-state index contributed by atoms with van der Waals surface area (Å²) in [6.45, 7) is 1.55. The third-order valence-corrected chi connectivity index (χ3v) is 0.880. The number of hydrogen-bond acceptors (Lipinski definition) is 1. The molecular formula is C4H6ClNO. The normalized spacial score (nSPS) is 11.4. The second-order valence-electron chi connectivity index (χ2n) is 1.16. The van der Waals surface area contributed by atoms with Gasteiger partial charge in [0.1, 0.15) is 0 Å². The predicted molar refractivity (Wildman–Crippen MR) is 28.8 cm³/mol. The van der Waals surface area contributed by atoms with Gasteiger partial charge >= 0.3 is 0 Å². The number of hydrogen-bond donors (Lipinski definition) is 1. The molecular weight excluding hydrogens is 114 g/mol. The Balaban J connectivity index is 3.82. The highest BCUT2D eigenvalue weighted by molar-refractivity contribution is 6.27. The van der Waals surface area contributed by atoms with Crippen molar-refractivity contribution < 1.29 is 4.79 Å². The monoisotopic (exact) mass is 119 g/mol. The zero-order valence-corrected chi connectivity index (χ0v) is 4.70. The molecule has 0 aliphatic rings. The Bertz CT molecular complexity index is 108. The van der Waals surface area contributed by atoms with Gasteiger partial charge in [0, 0.05) is 11.1 Å². The quantitative estimate of drug-likeness (QED) is 0.505. The summed E-state index contributed by atoms with van der Waals surface area (Å²) in [5.74, 6) is -0.477. The highest BCUT2D eigenvalue weighted by atomic mass is 35.5. The van der Waals surface area contributed by atoms with Crippen molar-refractivity contribution in [2.45, 2.75) is 6.92 Å². The van der Waals surface area contributed by atoms with Crippen molar-refractivity contribution in [2.24, 2.45) is 5.73 Å². The van der Waals surface area contributed by atoms with E-state index in [4.69, 9.17) is 17.3 Å². The van der Waals surface area contributed by atoms with E-state index in [0.29, 0.717) is 5.57 Å². The minimum absolute atomic E-state index is 0.377. The third-order valence-electron chi connectivity index (χ3n) is 0.552. The van der Waals surface area contributed by atoms with Gasteiger partial charge in [0.05, 0.1) is 0 Å². The van der Waals surface area contributed by atoms with E-state index in [9.17, 15) is 4.79 Å². The van der Waals surface area contributed by atoms with Crippen LogP contribution in [-0.2, 0) is 4.79 Å². The topological polar surface area (TPSA) is 43.1 Å². The molecule has 0 radical (unpaired) electrons. The van der Waals surface area contributed by atoms with E-state index in [0.717, 1.165) is 5.54 Å². The van der Waals surface area contributed by atoms with Gasteiger partial charge in [-0.2, -0.15) is 0 Å². The van der Waals surface area contributed by atoms with Crippen molar-refractivity contribution in [3.8, 4) is 0 Å². The molecule has 0 aromatic carbocycles. The minimum atomic E-state index is -0.477. The van der Waals surface area contributed by atoms with Crippen LogP contribution in [0.2, 0.25) is 0 Å². The molecule has 0 spiro atoms. The molecule has 0 unspecified atom stereocenters. The van der Waals surface area contributed by atoms with Crippen molar-refractivity contribution in [1.29, 1.82) is 0 Å². The van der Waals surface area contributed by atoms with Gasteiger partial charge in [0.2, 0.25) is 5.91 Å². The summed E-state index contributed by atoms with van der Waals surface area (Å²) in [6.07, 6.45) is 0. The second-order valence-corrected chi connectivity index (χ2v) is 1.37. The fourth-order valence-corrected chi connectivity index (χ4v) is 0.161. The lowest BCUT2D eigenvalue weighted by Gasteiger charge is -1.84. The van der Waals surface area contributed by atoms with E-state index in [-0.39, 0.29) is 0 Å². The molecule has 0 aromatic rings. The molecule has 1 amide bonds. The van der Waals surface area contributed by atoms with Gasteiger partial charge in [-0.3, -0.25) is 4.79 Å². The van der Waals surface area contributed by atoms with Gasteiger partial charge in [0.25, 0.3) is 0 Å². The highest BCUT2D eigenvalue weighted by Crippen LogP contribution is 1.90. The number of amides is 1. The van der Waals surface area contributed by atoms with Gasteiger partial charge in [-0.05, 0) is 6.92 Å². The Kier molecular flexibility index (Phi) is 2.45. The van der Waals surface area contributed by atoms with Crippen molar-refractivity contribution in [3.05, 3.63) is 11.1 Å². The van der Waals surface area contributed by atoms with Gasteiger partial charge in [-0.15, -0.1) is 0 Å². The smallest absolute Gasteiger partial charge is 0.245 e. The Hall–Kier alpha value is -0.500. The van der Waals surface area contributed by atoms with Crippen molar-refractivity contribution in [1.82, 2.24) is 0 Å². The first-order valence-corrected chi connectivity index (χ1v) is 2.19. The number of nitrogens with two attached hydrogens (primary N) is 1. The Morgan fingerprint density at radius 2 is 2.29 bits per heavy atom. The molecule has 0 fully saturated rings. The number of halogens is 1. The summed E-state index contributed by atoms with van der Waals surface area (Å²) in [6, 6.07) is 0. The minimum Gasteiger partial charge on any atom is -0.366 e. The van der Waals surface area contributed by atoms with Crippen LogP contribution in [0.15, 0.2) is 11.1 Å². The summed E-state index contributed by atoms with van der Waals surface area (Å²) >= 11 is 5.08. The molecule has 0 aliphatic carbocycles. The number of rotatable bonds is 1. The number of carbonyl (C=O) groups is 1. The van der Waals surface area contributed by atoms with Crippen molar-refractivity contribution >= 4 is 17.5 Å². The van der Waals surface area contributed by atoms with Gasteiger partial charge in [0.15, 0.2) is 0 Å². The summed E-state index contributed by atoms with van der Waals surface area (Å²) in [7, 11) is 0. The molecule has 0 rings (SSSR count). The SMILES string of the molecule is C/C(=C\Cl)C(N)=O. The molecule has 0 saturated carbocycles. The Morgan fingerprint density at radius 1 is 1.86 bits per heavy atom. The molecule has 40 valence electrons. The van der Waals surface area contributed by atoms with E-state index in [1.165, 1.54) is 0 Å². The average molecular weight is 120 g/mol. The van der Waals surface area contributed by atoms with Crippen LogP contribution in [0.4, 0.5) is 0 Å². The zero-order chi connectivity index (χ0) is 5.86. The van der Waals surface area contributed by atoms with E-state index >= 15 is 0 Å². The first kappa shape index (κ1) is 6.50. The van der Waals surface area contributed by atoms with Gasteiger partial charge in [-0.25, -0.2) is 0 Å². The zero-order valence-electron chi connectivity index (χ0n) is 3.94. The second kappa shape index (κ2) is 2.64. The fraction of sp³-hybridized carbons (Fsp3) is 0.250. The fourth-order valence-electron chi connectivity index (χ4n) is 0.0538. The van der Waals surface area contributed by atoms with Crippen molar-refractivity contribution in [2.75, 3.05) is 0 Å². The van der Waals surface area contributed by atoms with E-state index < -0.39 is 5.91 Å². The van der Waals surface area contributed by atoms with Crippen LogP contribution in [0.3, 0.4) is 0 Å². The molecule has 0 bridgehead atoms. The maximum Gasteiger partial charge on any atom is 0.245 e. The highest BCUT2D eigenvalue weighted by Gasteiger charge is 1.91. The number of primary amides is 1. The largest absolute Gasteiger partial charge is 0.366 e. The van der Waals surface area contributed by atoms with Gasteiger partial charge < -0.3 is 5.73 Å². The first-order chi connectivity index (χ1) is 3.18. The van der Waals surface area contributed by atoms with Crippen LogP contribution >= 0.6 is 11.6 Å². The average Bonchev–Trinajstić information content (AvgIpc) is 1.65. The standard InChI is InChI=1S/C4H6ClNO/c1-3(2-5)4(6)7/h2H,1H3,(H2,6,7)/b3-2+. The van der Waals surface area contributed by atoms with Crippen LogP contribution in [0.5, 0.6) is 0 Å². The summed E-state index contributed by atoms with van der Waals surface area (Å²) in [5.41, 5.74) is 6.29. The summed E-state index contributed by atoms with van der Waals surface area (Å²) in [5, 5.41) is 0. The molecule has 0 saturated heterocycles. The van der Waals surface area contributed by atoms with Gasteiger partial charge in [-0.1, -0.05) is 11.6 Å². The lowest BCUT2D eigenvalue weighted by atomic mass is 10.3. The molecule has 0 aromatic heterocycles. The molecule has 7 heavy (non-hydrogen) atoms. The maximum atomic E-state index is 10.00. The van der Waals surface area contributed by atoms with Crippen LogP contribution in [-0.4, -0.2) is 5.91 Å². The van der Waals surface area contributed by atoms with E-state index in [2.05, 4.69) is 0 Å². The molecule has 2 N–H and O–H groups in total. The van der Waals surface area contributed by atoms with Crippen LogP contribution in [0, 0.1) is 0 Å². The van der Waals surface area contributed by atoms with Crippen LogP contribution < -0.4 is 5.73 Å². The summed E-state index contributed by atoms with van der Waals surface area (Å²) in [4.78, 5) is 10.00. The Morgan fingerprint density at radius 3 is 2.29 bits per heavy atom. The molecule has 0 heterocycles. The molecule has 0 atom stereocenters. The molecule has 0 aliphatic heterocycles. The van der Waals surface area contributed by atoms with E-state index in [1.807, 2.05) is 0 Å². The van der Waals surface area contributed by atoms with Crippen LogP contribution in [0.25, 0.3) is 0 Å². The summed E-state index contributed by atoms with van der Waals surface area (Å²) < 4.78 is 0.